The van der Waals surface area contributed by atoms with Crippen molar-refractivity contribution < 1.29 is 24.4 Å². The summed E-state index contributed by atoms with van der Waals surface area (Å²) in [6.45, 7) is 12.1. The summed E-state index contributed by atoms with van der Waals surface area (Å²) in [6.07, 6.45) is 6.26. The van der Waals surface area contributed by atoms with Crippen molar-refractivity contribution in [2.75, 3.05) is 20.3 Å². The van der Waals surface area contributed by atoms with Crippen LogP contribution in [0.15, 0.2) is 0 Å². The van der Waals surface area contributed by atoms with Gasteiger partial charge in [-0.2, -0.15) is 0 Å². The van der Waals surface area contributed by atoms with Crippen molar-refractivity contribution in [1.29, 1.82) is 0 Å². The van der Waals surface area contributed by atoms with Gasteiger partial charge in [-0.1, -0.05) is 34.6 Å². The van der Waals surface area contributed by atoms with Gasteiger partial charge in [0.25, 0.3) is 0 Å². The van der Waals surface area contributed by atoms with E-state index in [1.54, 1.807) is 0 Å². The Bertz CT molecular complexity index is 615. The van der Waals surface area contributed by atoms with E-state index in [2.05, 4.69) is 34.6 Å². The molecule has 0 aromatic rings. The largest absolute Gasteiger partial charge is 0.396 e. The van der Waals surface area contributed by atoms with Crippen molar-refractivity contribution in [3.63, 3.8) is 0 Å². The van der Waals surface area contributed by atoms with Crippen LogP contribution in [0.5, 0.6) is 0 Å². The summed E-state index contributed by atoms with van der Waals surface area (Å²) in [5.74, 6) is 1.13. The summed E-state index contributed by atoms with van der Waals surface area (Å²) < 4.78 is 19.6. The minimum atomic E-state index is -0.541. The molecule has 0 radical (unpaired) electrons. The molecule has 2 saturated carbocycles. The zero-order valence-electron chi connectivity index (χ0n) is 19.9. The second-order valence-corrected chi connectivity index (χ2v) is 12.3. The molecule has 5 nitrogen and oxygen atoms in total. The number of rotatable bonds is 3. The summed E-state index contributed by atoms with van der Waals surface area (Å²) in [4.78, 5) is 0. The van der Waals surface area contributed by atoms with Gasteiger partial charge in [0.1, 0.15) is 0 Å². The van der Waals surface area contributed by atoms with Crippen molar-refractivity contribution in [3.05, 3.63) is 0 Å². The molecule has 174 valence electrons. The standard InChI is InChI=1S/C25H44O5/c1-15-7-21-19(10-20(15)28-6)24(4,5)14-25(29-21)13-23(2,3)18-8-16(11-26)17(12-27)9-22(18)30-25/h15-22,26-27H,7-14H2,1-6H3. The maximum absolute atomic E-state index is 9.92. The molecule has 0 bridgehead atoms. The Balaban J connectivity index is 1.59. The third-order valence-electron chi connectivity index (χ3n) is 9.34. The third kappa shape index (κ3) is 3.87. The highest BCUT2D eigenvalue weighted by molar-refractivity contribution is 5.05. The van der Waals surface area contributed by atoms with Crippen molar-refractivity contribution >= 4 is 0 Å². The lowest BCUT2D eigenvalue weighted by atomic mass is 9.57. The van der Waals surface area contributed by atoms with Crippen LogP contribution in [0.3, 0.4) is 0 Å². The van der Waals surface area contributed by atoms with Crippen LogP contribution in [0.1, 0.15) is 73.1 Å². The topological polar surface area (TPSA) is 68.2 Å². The summed E-state index contributed by atoms with van der Waals surface area (Å²) in [7, 11) is 1.84. The molecule has 2 heterocycles. The zero-order chi connectivity index (χ0) is 21.9. The predicted octanol–water partition coefficient (Wildman–Crippen LogP) is 4.00. The van der Waals surface area contributed by atoms with E-state index in [4.69, 9.17) is 14.2 Å². The number of ether oxygens (including phenoxy) is 3. The van der Waals surface area contributed by atoms with Crippen molar-refractivity contribution in [3.8, 4) is 0 Å². The fourth-order valence-electron chi connectivity index (χ4n) is 7.78. The first-order chi connectivity index (χ1) is 14.0. The maximum Gasteiger partial charge on any atom is 0.170 e. The molecule has 1 spiro atoms. The molecule has 30 heavy (non-hydrogen) atoms. The molecule has 2 aliphatic carbocycles. The average molecular weight is 425 g/mol. The van der Waals surface area contributed by atoms with Crippen LogP contribution < -0.4 is 0 Å². The van der Waals surface area contributed by atoms with Gasteiger partial charge in [0.2, 0.25) is 0 Å². The summed E-state index contributed by atoms with van der Waals surface area (Å²) >= 11 is 0. The first-order valence-corrected chi connectivity index (χ1v) is 12.1. The Hall–Kier alpha value is -0.200. The van der Waals surface area contributed by atoms with E-state index in [9.17, 15) is 10.2 Å². The second-order valence-electron chi connectivity index (χ2n) is 12.3. The van der Waals surface area contributed by atoms with Crippen LogP contribution in [0.2, 0.25) is 0 Å². The number of fused-ring (bicyclic) bond motifs is 2. The lowest BCUT2D eigenvalue weighted by molar-refractivity contribution is -0.382. The number of methoxy groups -OCH3 is 1. The molecule has 9 unspecified atom stereocenters. The molecule has 5 heteroatoms. The summed E-state index contributed by atoms with van der Waals surface area (Å²) in [5.41, 5.74) is 0.205. The lowest BCUT2D eigenvalue weighted by Crippen LogP contribution is -2.64. The van der Waals surface area contributed by atoms with Crippen molar-refractivity contribution in [2.24, 2.45) is 40.4 Å². The van der Waals surface area contributed by atoms with Gasteiger partial charge in [0.15, 0.2) is 5.79 Å². The molecule has 4 fully saturated rings. The molecular formula is C25H44O5. The molecule has 0 aromatic carbocycles. The highest BCUT2D eigenvalue weighted by Gasteiger charge is 2.61. The van der Waals surface area contributed by atoms with Crippen LogP contribution in [0.25, 0.3) is 0 Å². The molecule has 4 rings (SSSR count). The van der Waals surface area contributed by atoms with Crippen molar-refractivity contribution in [2.45, 2.75) is 97.2 Å². The quantitative estimate of drug-likeness (QED) is 0.717. The maximum atomic E-state index is 9.92. The van der Waals surface area contributed by atoms with Gasteiger partial charge in [0.05, 0.1) is 18.3 Å². The molecular weight excluding hydrogens is 380 g/mol. The normalized spacial score (nSPS) is 50.0. The first kappa shape index (κ1) is 23.0. The number of hydrogen-bond acceptors (Lipinski definition) is 5. The van der Waals surface area contributed by atoms with Gasteiger partial charge >= 0.3 is 0 Å². The summed E-state index contributed by atoms with van der Waals surface area (Å²) in [5, 5.41) is 19.8. The second kappa shape index (κ2) is 7.98. The first-order valence-electron chi connectivity index (χ1n) is 12.1. The van der Waals surface area contributed by atoms with E-state index in [1.165, 1.54) is 0 Å². The van der Waals surface area contributed by atoms with Crippen LogP contribution in [-0.4, -0.2) is 54.6 Å². The molecule has 9 atom stereocenters. The monoisotopic (exact) mass is 424 g/mol. The van der Waals surface area contributed by atoms with E-state index < -0.39 is 5.79 Å². The SMILES string of the molecule is COC1CC2C(CC1C)OC1(CC(C)(C)C3CC(CO)C(CO)CC3O1)CC2(C)C. The van der Waals surface area contributed by atoms with Crippen LogP contribution in [0, 0.1) is 40.4 Å². The predicted molar refractivity (Wildman–Crippen MR) is 116 cm³/mol. The number of aliphatic hydroxyl groups is 2. The van der Waals surface area contributed by atoms with E-state index >= 15 is 0 Å². The van der Waals surface area contributed by atoms with Crippen LogP contribution in [0.4, 0.5) is 0 Å². The van der Waals surface area contributed by atoms with E-state index in [0.29, 0.717) is 23.9 Å². The van der Waals surface area contributed by atoms with Crippen molar-refractivity contribution in [1.82, 2.24) is 0 Å². The fourth-order valence-corrected chi connectivity index (χ4v) is 7.78. The summed E-state index contributed by atoms with van der Waals surface area (Å²) in [6, 6.07) is 0. The van der Waals surface area contributed by atoms with Crippen LogP contribution in [-0.2, 0) is 14.2 Å². The average Bonchev–Trinajstić information content (AvgIpc) is 2.65. The van der Waals surface area contributed by atoms with Gasteiger partial charge in [-0.15, -0.1) is 0 Å². The van der Waals surface area contributed by atoms with E-state index in [0.717, 1.165) is 38.5 Å². The van der Waals surface area contributed by atoms with Gasteiger partial charge in [0, 0.05) is 33.2 Å². The van der Waals surface area contributed by atoms with E-state index in [1.807, 2.05) is 7.11 Å². The molecule has 0 aromatic heterocycles. The lowest BCUT2D eigenvalue weighted by Gasteiger charge is -2.62. The smallest absolute Gasteiger partial charge is 0.170 e. The minimum Gasteiger partial charge on any atom is -0.396 e. The van der Waals surface area contributed by atoms with Crippen LogP contribution >= 0.6 is 0 Å². The van der Waals surface area contributed by atoms with E-state index in [-0.39, 0.29) is 48.1 Å². The Kier molecular flexibility index (Phi) is 6.11. The number of aliphatic hydroxyl groups excluding tert-OH is 2. The van der Waals surface area contributed by atoms with Gasteiger partial charge in [-0.25, -0.2) is 0 Å². The third-order valence-corrected chi connectivity index (χ3v) is 9.34. The Labute approximate surface area is 182 Å². The minimum absolute atomic E-state index is 0.0784. The molecule has 4 aliphatic rings. The highest BCUT2D eigenvalue weighted by atomic mass is 16.7. The highest BCUT2D eigenvalue weighted by Crippen LogP contribution is 2.60. The zero-order valence-corrected chi connectivity index (χ0v) is 19.9. The van der Waals surface area contributed by atoms with Gasteiger partial charge in [-0.05, 0) is 66.1 Å². The molecule has 2 saturated heterocycles. The fraction of sp³-hybridized carbons (Fsp3) is 1.00. The molecule has 0 amide bonds. The Morgan fingerprint density at radius 2 is 1.30 bits per heavy atom. The number of hydrogen-bond donors (Lipinski definition) is 2. The molecule has 2 N–H and O–H groups in total. The van der Waals surface area contributed by atoms with Gasteiger partial charge < -0.3 is 24.4 Å². The van der Waals surface area contributed by atoms with Gasteiger partial charge in [-0.3, -0.25) is 0 Å². The Morgan fingerprint density at radius 3 is 1.83 bits per heavy atom. The Morgan fingerprint density at radius 1 is 0.800 bits per heavy atom. The molecule has 2 aliphatic heterocycles.